The highest BCUT2D eigenvalue weighted by Crippen LogP contribution is 2.30. The van der Waals surface area contributed by atoms with Crippen molar-refractivity contribution in [1.29, 1.82) is 0 Å². The molecule has 102 valence electrons. The molecule has 0 amide bonds. The van der Waals surface area contributed by atoms with E-state index in [9.17, 15) is 5.11 Å². The third kappa shape index (κ3) is 3.33. The van der Waals surface area contributed by atoms with Gasteiger partial charge in [-0.3, -0.25) is 0 Å². The first kappa shape index (κ1) is 15.2. The van der Waals surface area contributed by atoms with Crippen LogP contribution in [0.2, 0.25) is 0 Å². The lowest BCUT2D eigenvalue weighted by Gasteiger charge is -2.25. The number of rotatable bonds is 4. The van der Waals surface area contributed by atoms with Gasteiger partial charge in [-0.05, 0) is 48.6 Å². The standard InChI is InChI=1S/C16H27NO/c1-11-7-14(16(3,4)5)8-12(2)15(11)13(10-18)9-17-6/h7-8,13,17-18H,9-10H2,1-6H3. The molecule has 0 aliphatic heterocycles. The Labute approximate surface area is 111 Å². The SMILES string of the molecule is CNCC(CO)c1c(C)cc(C(C)(C)C)cc1C. The van der Waals surface area contributed by atoms with E-state index in [0.29, 0.717) is 0 Å². The van der Waals surface area contributed by atoms with Gasteiger partial charge in [0.2, 0.25) is 0 Å². The third-order valence-electron chi connectivity index (χ3n) is 3.54. The highest BCUT2D eigenvalue weighted by molar-refractivity contribution is 5.42. The van der Waals surface area contributed by atoms with Gasteiger partial charge in [0.1, 0.15) is 0 Å². The Morgan fingerprint density at radius 2 is 1.67 bits per heavy atom. The molecule has 1 unspecified atom stereocenters. The Morgan fingerprint density at radius 1 is 1.17 bits per heavy atom. The number of aliphatic hydroxyl groups is 1. The van der Waals surface area contributed by atoms with E-state index in [-0.39, 0.29) is 17.9 Å². The number of benzene rings is 1. The van der Waals surface area contributed by atoms with Crippen molar-refractivity contribution in [2.75, 3.05) is 20.2 Å². The smallest absolute Gasteiger partial charge is 0.0512 e. The van der Waals surface area contributed by atoms with Crippen LogP contribution in [0.25, 0.3) is 0 Å². The average Bonchev–Trinajstić information content (AvgIpc) is 2.25. The van der Waals surface area contributed by atoms with Gasteiger partial charge in [0.25, 0.3) is 0 Å². The molecule has 0 fully saturated rings. The largest absolute Gasteiger partial charge is 0.396 e. The van der Waals surface area contributed by atoms with Crippen molar-refractivity contribution in [3.63, 3.8) is 0 Å². The van der Waals surface area contributed by atoms with Crippen LogP contribution in [0.3, 0.4) is 0 Å². The van der Waals surface area contributed by atoms with Crippen molar-refractivity contribution < 1.29 is 5.11 Å². The number of hydrogen-bond acceptors (Lipinski definition) is 2. The maximum absolute atomic E-state index is 9.55. The minimum absolute atomic E-state index is 0.172. The molecule has 2 heteroatoms. The van der Waals surface area contributed by atoms with Crippen LogP contribution in [0.5, 0.6) is 0 Å². The maximum Gasteiger partial charge on any atom is 0.0512 e. The van der Waals surface area contributed by atoms with Gasteiger partial charge in [0.15, 0.2) is 0 Å². The second-order valence-corrected chi connectivity index (χ2v) is 6.21. The van der Waals surface area contributed by atoms with Crippen LogP contribution in [0.1, 0.15) is 48.9 Å². The molecule has 1 aromatic rings. The molecular formula is C16H27NO. The van der Waals surface area contributed by atoms with Crippen LogP contribution in [0.4, 0.5) is 0 Å². The molecule has 1 rings (SSSR count). The predicted octanol–water partition coefficient (Wildman–Crippen LogP) is 2.90. The fraction of sp³-hybridized carbons (Fsp3) is 0.625. The zero-order valence-electron chi connectivity index (χ0n) is 12.6. The summed E-state index contributed by atoms with van der Waals surface area (Å²) in [5, 5.41) is 12.7. The maximum atomic E-state index is 9.55. The van der Waals surface area contributed by atoms with Crippen molar-refractivity contribution in [2.45, 2.75) is 46.0 Å². The Kier molecular flexibility index (Phi) is 4.94. The quantitative estimate of drug-likeness (QED) is 0.860. The van der Waals surface area contributed by atoms with Crippen molar-refractivity contribution in [3.8, 4) is 0 Å². The number of hydrogen-bond donors (Lipinski definition) is 2. The molecule has 0 aliphatic rings. The van der Waals surface area contributed by atoms with E-state index >= 15 is 0 Å². The molecule has 0 aromatic heterocycles. The molecule has 0 heterocycles. The number of aliphatic hydroxyl groups excluding tert-OH is 1. The van der Waals surface area contributed by atoms with Gasteiger partial charge in [-0.25, -0.2) is 0 Å². The van der Waals surface area contributed by atoms with E-state index in [2.05, 4.69) is 52.1 Å². The molecular weight excluding hydrogens is 222 g/mol. The van der Waals surface area contributed by atoms with Crippen molar-refractivity contribution in [3.05, 3.63) is 34.4 Å². The van der Waals surface area contributed by atoms with E-state index in [0.717, 1.165) is 6.54 Å². The molecule has 0 radical (unpaired) electrons. The number of aryl methyl sites for hydroxylation is 2. The monoisotopic (exact) mass is 249 g/mol. The summed E-state index contributed by atoms with van der Waals surface area (Å²) >= 11 is 0. The molecule has 1 aromatic carbocycles. The predicted molar refractivity (Wildman–Crippen MR) is 78.4 cm³/mol. The summed E-state index contributed by atoms with van der Waals surface area (Å²) in [4.78, 5) is 0. The number of likely N-dealkylation sites (N-methyl/N-ethyl adjacent to an activating group) is 1. The highest BCUT2D eigenvalue weighted by atomic mass is 16.3. The Morgan fingerprint density at radius 3 is 2.00 bits per heavy atom. The molecule has 18 heavy (non-hydrogen) atoms. The van der Waals surface area contributed by atoms with Crippen molar-refractivity contribution in [2.24, 2.45) is 0 Å². The summed E-state index contributed by atoms with van der Waals surface area (Å²) in [5.41, 5.74) is 5.40. The summed E-state index contributed by atoms with van der Waals surface area (Å²) < 4.78 is 0. The summed E-state index contributed by atoms with van der Waals surface area (Å²) in [6, 6.07) is 4.53. The van der Waals surface area contributed by atoms with Gasteiger partial charge >= 0.3 is 0 Å². The highest BCUT2D eigenvalue weighted by Gasteiger charge is 2.19. The lowest BCUT2D eigenvalue weighted by atomic mass is 9.81. The van der Waals surface area contributed by atoms with E-state index in [4.69, 9.17) is 0 Å². The van der Waals surface area contributed by atoms with Gasteiger partial charge in [0, 0.05) is 12.5 Å². The summed E-state index contributed by atoms with van der Waals surface area (Å²) in [6.07, 6.45) is 0. The topological polar surface area (TPSA) is 32.3 Å². The normalized spacial score (nSPS) is 13.7. The van der Waals surface area contributed by atoms with Gasteiger partial charge in [-0.1, -0.05) is 32.9 Å². The van der Waals surface area contributed by atoms with Crippen LogP contribution in [0.15, 0.2) is 12.1 Å². The molecule has 0 saturated carbocycles. The van der Waals surface area contributed by atoms with E-state index in [1.807, 2.05) is 7.05 Å². The Balaban J connectivity index is 3.23. The van der Waals surface area contributed by atoms with Gasteiger partial charge < -0.3 is 10.4 Å². The van der Waals surface area contributed by atoms with Crippen molar-refractivity contribution in [1.82, 2.24) is 5.32 Å². The zero-order chi connectivity index (χ0) is 13.9. The summed E-state index contributed by atoms with van der Waals surface area (Å²) in [6.45, 7) is 12.0. The summed E-state index contributed by atoms with van der Waals surface area (Å²) in [5.74, 6) is 0.184. The van der Waals surface area contributed by atoms with E-state index in [1.54, 1.807) is 0 Å². The summed E-state index contributed by atoms with van der Waals surface area (Å²) in [7, 11) is 1.93. The molecule has 2 nitrogen and oxygen atoms in total. The molecule has 0 saturated heterocycles. The average molecular weight is 249 g/mol. The van der Waals surface area contributed by atoms with Gasteiger partial charge in [-0.2, -0.15) is 0 Å². The van der Waals surface area contributed by atoms with Gasteiger partial charge in [-0.15, -0.1) is 0 Å². The zero-order valence-corrected chi connectivity index (χ0v) is 12.6. The molecule has 0 bridgehead atoms. The first-order valence-electron chi connectivity index (χ1n) is 6.68. The van der Waals surface area contributed by atoms with Crippen LogP contribution < -0.4 is 5.32 Å². The second kappa shape index (κ2) is 5.85. The Hall–Kier alpha value is -0.860. The lowest BCUT2D eigenvalue weighted by Crippen LogP contribution is -2.22. The molecule has 2 N–H and O–H groups in total. The van der Waals surface area contributed by atoms with Crippen LogP contribution in [-0.4, -0.2) is 25.3 Å². The van der Waals surface area contributed by atoms with Crippen molar-refractivity contribution >= 4 is 0 Å². The first-order valence-corrected chi connectivity index (χ1v) is 6.68. The Bertz CT molecular complexity index is 381. The molecule has 1 atom stereocenters. The van der Waals surface area contributed by atoms with Crippen LogP contribution in [0, 0.1) is 13.8 Å². The third-order valence-corrected chi connectivity index (χ3v) is 3.54. The lowest BCUT2D eigenvalue weighted by molar-refractivity contribution is 0.262. The van der Waals surface area contributed by atoms with E-state index < -0.39 is 0 Å². The number of nitrogens with one attached hydrogen (secondary N) is 1. The van der Waals surface area contributed by atoms with Gasteiger partial charge in [0.05, 0.1) is 6.61 Å². The van der Waals surface area contributed by atoms with Crippen LogP contribution in [-0.2, 0) is 5.41 Å². The minimum atomic E-state index is 0.172. The fourth-order valence-corrected chi connectivity index (χ4v) is 2.56. The van der Waals surface area contributed by atoms with Crippen LogP contribution >= 0.6 is 0 Å². The van der Waals surface area contributed by atoms with E-state index in [1.165, 1.54) is 22.3 Å². The fourth-order valence-electron chi connectivity index (χ4n) is 2.56. The second-order valence-electron chi connectivity index (χ2n) is 6.21. The molecule has 0 aliphatic carbocycles. The molecule has 0 spiro atoms. The minimum Gasteiger partial charge on any atom is -0.396 e. The first-order chi connectivity index (χ1) is 8.31.